The number of amides is 1. The second kappa shape index (κ2) is 7.75. The van der Waals surface area contributed by atoms with Gasteiger partial charge in [0.25, 0.3) is 5.91 Å². The number of nitrogens with one attached hydrogen (secondary N) is 1. The van der Waals surface area contributed by atoms with Crippen molar-refractivity contribution in [3.63, 3.8) is 0 Å². The summed E-state index contributed by atoms with van der Waals surface area (Å²) in [6, 6.07) is 7.13. The van der Waals surface area contributed by atoms with Crippen molar-refractivity contribution >= 4 is 17.2 Å². The topological polar surface area (TPSA) is 77.2 Å². The van der Waals surface area contributed by atoms with Gasteiger partial charge in [-0.2, -0.15) is 0 Å². The molecule has 0 radical (unpaired) electrons. The third-order valence-electron chi connectivity index (χ3n) is 2.82. The Bertz CT molecular complexity index is 598. The fourth-order valence-corrected chi connectivity index (χ4v) is 2.36. The summed E-state index contributed by atoms with van der Waals surface area (Å²) in [7, 11) is 0. The first-order chi connectivity index (χ1) is 10.2. The molecule has 1 aromatic carbocycles. The predicted molar refractivity (Wildman–Crippen MR) is 83.6 cm³/mol. The number of carbonyl (C=O) groups is 1. The molecule has 1 amide bonds. The molecule has 0 spiro atoms. The third kappa shape index (κ3) is 4.84. The highest BCUT2D eigenvalue weighted by Gasteiger charge is 2.06. The van der Waals surface area contributed by atoms with Crippen LogP contribution < -0.4 is 15.8 Å². The molecule has 2 rings (SSSR count). The molecule has 0 aliphatic carbocycles. The van der Waals surface area contributed by atoms with E-state index in [2.05, 4.69) is 10.3 Å². The average Bonchev–Trinajstić information content (AvgIpc) is 2.91. The number of nitrogens with zero attached hydrogens (tertiary/aromatic N) is 1. The van der Waals surface area contributed by atoms with Gasteiger partial charge in [-0.05, 0) is 38.1 Å². The molecule has 0 bridgehead atoms. The zero-order valence-corrected chi connectivity index (χ0v) is 12.8. The van der Waals surface area contributed by atoms with Crippen molar-refractivity contribution < 1.29 is 9.53 Å². The van der Waals surface area contributed by atoms with Gasteiger partial charge in [0.05, 0.1) is 10.7 Å². The molecule has 1 heterocycles. The number of aryl methyl sites for hydroxylation is 1. The molecular weight excluding hydrogens is 286 g/mol. The molecule has 21 heavy (non-hydrogen) atoms. The molecule has 1 aromatic heterocycles. The van der Waals surface area contributed by atoms with E-state index in [0.29, 0.717) is 31.0 Å². The summed E-state index contributed by atoms with van der Waals surface area (Å²) in [5.41, 5.74) is 6.88. The van der Waals surface area contributed by atoms with Crippen molar-refractivity contribution in [2.75, 3.05) is 13.1 Å². The maximum atomic E-state index is 11.9. The molecule has 0 fully saturated rings. The summed E-state index contributed by atoms with van der Waals surface area (Å²) in [6.45, 7) is 3.51. The second-order valence-corrected chi connectivity index (χ2v) is 5.63. The zero-order valence-electron chi connectivity index (χ0n) is 12.0. The number of rotatable bonds is 7. The molecule has 112 valence electrons. The van der Waals surface area contributed by atoms with Gasteiger partial charge in [0.1, 0.15) is 12.4 Å². The molecule has 6 heteroatoms. The minimum atomic E-state index is -0.113. The van der Waals surface area contributed by atoms with Crippen molar-refractivity contribution in [1.29, 1.82) is 0 Å². The lowest BCUT2D eigenvalue weighted by molar-refractivity contribution is 0.0953. The van der Waals surface area contributed by atoms with E-state index in [-0.39, 0.29) is 5.91 Å². The van der Waals surface area contributed by atoms with Crippen LogP contribution in [0, 0.1) is 6.92 Å². The Morgan fingerprint density at radius 2 is 2.33 bits per heavy atom. The number of benzene rings is 1. The number of ether oxygens (including phenoxy) is 1. The molecule has 3 N–H and O–H groups in total. The van der Waals surface area contributed by atoms with Crippen LogP contribution in [0.25, 0.3) is 0 Å². The first-order valence-electron chi connectivity index (χ1n) is 6.81. The number of carbonyl (C=O) groups excluding carboxylic acids is 1. The van der Waals surface area contributed by atoms with E-state index < -0.39 is 0 Å². The van der Waals surface area contributed by atoms with Gasteiger partial charge >= 0.3 is 0 Å². The van der Waals surface area contributed by atoms with Crippen molar-refractivity contribution in [1.82, 2.24) is 10.3 Å². The van der Waals surface area contributed by atoms with E-state index in [1.165, 1.54) is 0 Å². The summed E-state index contributed by atoms with van der Waals surface area (Å²) >= 11 is 1.59. The molecule has 0 aliphatic heterocycles. The van der Waals surface area contributed by atoms with Gasteiger partial charge in [-0.25, -0.2) is 4.98 Å². The van der Waals surface area contributed by atoms with Crippen LogP contribution in [0.15, 0.2) is 29.6 Å². The molecular formula is C15H19N3O2S. The summed E-state index contributed by atoms with van der Waals surface area (Å²) < 4.78 is 5.67. The van der Waals surface area contributed by atoms with Crippen molar-refractivity contribution in [3.05, 3.63) is 45.9 Å². The van der Waals surface area contributed by atoms with Crippen LogP contribution in [0.2, 0.25) is 0 Å². The normalized spacial score (nSPS) is 10.4. The monoisotopic (exact) mass is 305 g/mol. The van der Waals surface area contributed by atoms with Crippen LogP contribution in [0.3, 0.4) is 0 Å². The second-order valence-electron chi connectivity index (χ2n) is 4.57. The summed E-state index contributed by atoms with van der Waals surface area (Å²) in [5, 5.41) is 5.81. The first-order valence-corrected chi connectivity index (χ1v) is 7.69. The van der Waals surface area contributed by atoms with Crippen molar-refractivity contribution in [3.8, 4) is 5.75 Å². The Hall–Kier alpha value is -1.92. The Kier molecular flexibility index (Phi) is 5.71. The van der Waals surface area contributed by atoms with Crippen molar-refractivity contribution in [2.45, 2.75) is 20.0 Å². The number of hydrogen-bond acceptors (Lipinski definition) is 5. The van der Waals surface area contributed by atoms with Gasteiger partial charge in [-0.3, -0.25) is 4.79 Å². The van der Waals surface area contributed by atoms with Gasteiger partial charge in [-0.1, -0.05) is 6.07 Å². The van der Waals surface area contributed by atoms with E-state index in [1.54, 1.807) is 29.5 Å². The smallest absolute Gasteiger partial charge is 0.251 e. The largest absolute Gasteiger partial charge is 0.487 e. The van der Waals surface area contributed by atoms with Crippen LogP contribution >= 0.6 is 11.3 Å². The lowest BCUT2D eigenvalue weighted by Crippen LogP contribution is -2.25. The number of thiazole rings is 1. The van der Waals surface area contributed by atoms with E-state index in [4.69, 9.17) is 10.5 Å². The minimum absolute atomic E-state index is 0.113. The minimum Gasteiger partial charge on any atom is -0.487 e. The van der Waals surface area contributed by atoms with Crippen LogP contribution in [0.1, 0.15) is 27.5 Å². The zero-order chi connectivity index (χ0) is 15.1. The van der Waals surface area contributed by atoms with E-state index in [1.807, 2.05) is 18.4 Å². The first kappa shape index (κ1) is 15.5. The number of hydrogen-bond donors (Lipinski definition) is 2. The van der Waals surface area contributed by atoms with Gasteiger partial charge in [-0.15, -0.1) is 11.3 Å². The lowest BCUT2D eigenvalue weighted by atomic mass is 10.2. The summed E-state index contributed by atoms with van der Waals surface area (Å²) in [4.78, 5) is 16.3. The predicted octanol–water partition coefficient (Wildman–Crippen LogP) is 2.11. The Labute approximate surface area is 128 Å². The molecule has 0 unspecified atom stereocenters. The van der Waals surface area contributed by atoms with Crippen LogP contribution in [0.5, 0.6) is 5.75 Å². The van der Waals surface area contributed by atoms with Crippen LogP contribution in [-0.4, -0.2) is 24.0 Å². The standard InChI is InChI=1S/C15H19N3O2S/c1-11-18-13(10-21-11)9-20-14-5-2-4-12(8-14)15(19)17-7-3-6-16/h2,4-5,8,10H,3,6-7,9,16H2,1H3,(H,17,19). The SMILES string of the molecule is Cc1nc(COc2cccc(C(=O)NCCCN)c2)cs1. The van der Waals surface area contributed by atoms with Gasteiger partial charge in [0, 0.05) is 17.5 Å². The highest BCUT2D eigenvalue weighted by molar-refractivity contribution is 7.09. The summed E-state index contributed by atoms with van der Waals surface area (Å²) in [5.74, 6) is 0.547. The highest BCUT2D eigenvalue weighted by Crippen LogP contribution is 2.16. The molecule has 0 aliphatic rings. The third-order valence-corrected chi connectivity index (χ3v) is 3.64. The van der Waals surface area contributed by atoms with Gasteiger partial charge in [0.15, 0.2) is 0 Å². The van der Waals surface area contributed by atoms with Gasteiger partial charge < -0.3 is 15.8 Å². The van der Waals surface area contributed by atoms with E-state index in [9.17, 15) is 4.79 Å². The average molecular weight is 305 g/mol. The van der Waals surface area contributed by atoms with Crippen molar-refractivity contribution in [2.24, 2.45) is 5.73 Å². The maximum absolute atomic E-state index is 11.9. The fraction of sp³-hybridized carbons (Fsp3) is 0.333. The Morgan fingerprint density at radius 3 is 3.05 bits per heavy atom. The van der Waals surface area contributed by atoms with E-state index >= 15 is 0 Å². The van der Waals surface area contributed by atoms with E-state index in [0.717, 1.165) is 17.1 Å². The quantitative estimate of drug-likeness (QED) is 0.768. The molecule has 0 saturated heterocycles. The fourth-order valence-electron chi connectivity index (χ4n) is 1.76. The molecule has 5 nitrogen and oxygen atoms in total. The number of aromatic nitrogens is 1. The van der Waals surface area contributed by atoms with Crippen LogP contribution in [0.4, 0.5) is 0 Å². The Morgan fingerprint density at radius 1 is 1.48 bits per heavy atom. The summed E-state index contributed by atoms with van der Waals surface area (Å²) in [6.07, 6.45) is 0.769. The molecule has 0 atom stereocenters. The maximum Gasteiger partial charge on any atom is 0.251 e. The van der Waals surface area contributed by atoms with Gasteiger partial charge in [0.2, 0.25) is 0 Å². The lowest BCUT2D eigenvalue weighted by Gasteiger charge is -2.07. The van der Waals surface area contributed by atoms with Crippen LogP contribution in [-0.2, 0) is 6.61 Å². The highest BCUT2D eigenvalue weighted by atomic mass is 32.1. The Balaban J connectivity index is 1.92. The number of nitrogens with two attached hydrogens (primary N) is 1. The molecule has 0 saturated carbocycles. The molecule has 2 aromatic rings.